The summed E-state index contributed by atoms with van der Waals surface area (Å²) in [7, 11) is -3.75. The Labute approximate surface area is 173 Å². The van der Waals surface area contributed by atoms with Crippen molar-refractivity contribution in [3.05, 3.63) is 76.3 Å². The molecule has 0 saturated carbocycles. The van der Waals surface area contributed by atoms with Crippen LogP contribution >= 0.6 is 11.6 Å². The fourth-order valence-corrected chi connectivity index (χ4v) is 3.60. The number of hydrogen-bond acceptors (Lipinski definition) is 5. The van der Waals surface area contributed by atoms with Crippen LogP contribution < -0.4 is 10.6 Å². The molecule has 0 aliphatic heterocycles. The van der Waals surface area contributed by atoms with Crippen LogP contribution in [0.5, 0.6) is 0 Å². The van der Waals surface area contributed by atoms with E-state index in [9.17, 15) is 13.2 Å². The Bertz CT molecular complexity index is 1200. The first-order chi connectivity index (χ1) is 13.7. The van der Waals surface area contributed by atoms with Gasteiger partial charge in [0.1, 0.15) is 5.15 Å². The number of rotatable bonds is 5. The summed E-state index contributed by atoms with van der Waals surface area (Å²) in [6.07, 6.45) is 3.02. The number of aromatic nitrogens is 2. The molecule has 3 aromatic rings. The van der Waals surface area contributed by atoms with Crippen LogP contribution in [0.15, 0.2) is 58.7 Å². The van der Waals surface area contributed by atoms with Crippen LogP contribution in [-0.2, 0) is 10.0 Å². The first-order valence-corrected chi connectivity index (χ1v) is 10.4. The summed E-state index contributed by atoms with van der Waals surface area (Å²) < 4.78 is 24.8. The van der Waals surface area contributed by atoms with E-state index < -0.39 is 15.9 Å². The lowest BCUT2D eigenvalue weighted by molar-refractivity contribution is 0.0955. The number of primary sulfonamides is 1. The number of hydrazone groups is 1. The Hall–Kier alpha value is -3.01. The quantitative estimate of drug-likeness (QED) is 0.366. The summed E-state index contributed by atoms with van der Waals surface area (Å²) in [4.78, 5) is 16.0. The Morgan fingerprint density at radius 3 is 2.55 bits per heavy atom. The van der Waals surface area contributed by atoms with Crippen LogP contribution in [0.4, 0.5) is 0 Å². The van der Waals surface area contributed by atoms with Crippen molar-refractivity contribution in [1.29, 1.82) is 0 Å². The third-order valence-corrected chi connectivity index (χ3v) is 5.50. The Balaban J connectivity index is 1.82. The molecular weight excluding hydrogens is 414 g/mol. The SMILES string of the molecule is Cc1cc(C=NNC(=O)c2cccnc2Cl)c(C)n1-c1ccc(S(N)(=O)=O)cc1. The molecule has 0 spiro atoms. The van der Waals surface area contributed by atoms with E-state index in [1.54, 1.807) is 24.3 Å². The highest BCUT2D eigenvalue weighted by Crippen LogP contribution is 2.21. The summed E-state index contributed by atoms with van der Waals surface area (Å²) in [5, 5.41) is 9.23. The summed E-state index contributed by atoms with van der Waals surface area (Å²) in [6, 6.07) is 11.3. The van der Waals surface area contributed by atoms with Crippen molar-refractivity contribution in [2.75, 3.05) is 0 Å². The van der Waals surface area contributed by atoms with E-state index in [4.69, 9.17) is 16.7 Å². The van der Waals surface area contributed by atoms with E-state index in [1.807, 2.05) is 24.5 Å². The van der Waals surface area contributed by atoms with Gasteiger partial charge < -0.3 is 4.57 Å². The second kappa shape index (κ2) is 8.16. The first-order valence-electron chi connectivity index (χ1n) is 8.44. The van der Waals surface area contributed by atoms with Gasteiger partial charge in [0, 0.05) is 28.8 Å². The minimum absolute atomic E-state index is 0.0438. The van der Waals surface area contributed by atoms with Gasteiger partial charge >= 0.3 is 0 Å². The smallest absolute Gasteiger partial charge is 0.274 e. The predicted molar refractivity (Wildman–Crippen MR) is 111 cm³/mol. The summed E-state index contributed by atoms with van der Waals surface area (Å²) in [5.74, 6) is -0.466. The molecule has 0 fully saturated rings. The molecular formula is C19H18ClN5O3S. The lowest BCUT2D eigenvalue weighted by Gasteiger charge is -2.10. The zero-order valence-corrected chi connectivity index (χ0v) is 17.2. The fraction of sp³-hybridized carbons (Fsp3) is 0.105. The minimum Gasteiger partial charge on any atom is -0.318 e. The molecule has 3 N–H and O–H groups in total. The number of aryl methyl sites for hydroxylation is 1. The summed E-state index contributed by atoms with van der Waals surface area (Å²) in [5.41, 5.74) is 5.99. The number of nitrogens with one attached hydrogen (secondary N) is 1. The lowest BCUT2D eigenvalue weighted by Crippen LogP contribution is -2.18. The topological polar surface area (TPSA) is 119 Å². The van der Waals surface area contributed by atoms with E-state index in [1.165, 1.54) is 24.5 Å². The number of nitrogens with zero attached hydrogens (tertiary/aromatic N) is 3. The van der Waals surface area contributed by atoms with E-state index >= 15 is 0 Å². The van der Waals surface area contributed by atoms with Gasteiger partial charge in [0.05, 0.1) is 16.7 Å². The Morgan fingerprint density at radius 1 is 1.24 bits per heavy atom. The molecule has 2 aromatic heterocycles. The molecule has 2 heterocycles. The fourth-order valence-electron chi connectivity index (χ4n) is 2.88. The van der Waals surface area contributed by atoms with Gasteiger partial charge in [-0.1, -0.05) is 11.6 Å². The third kappa shape index (κ3) is 4.53. The number of carbonyl (C=O) groups excluding carboxylic acids is 1. The number of hydrogen-bond donors (Lipinski definition) is 2. The standard InChI is InChI=1S/C19H18ClN5O3S/c1-12-10-14(11-23-24-19(26)17-4-3-9-22-18(17)20)13(2)25(12)15-5-7-16(8-6-15)29(21,27)28/h3-11H,1-2H3,(H,24,26)(H2,21,27,28). The van der Waals surface area contributed by atoms with Gasteiger partial charge in [-0.3, -0.25) is 4.79 Å². The molecule has 0 unspecified atom stereocenters. The number of nitrogens with two attached hydrogens (primary N) is 1. The zero-order chi connectivity index (χ0) is 21.2. The Morgan fingerprint density at radius 2 is 1.93 bits per heavy atom. The minimum atomic E-state index is -3.75. The first kappa shape index (κ1) is 20.7. The molecule has 1 amide bonds. The highest BCUT2D eigenvalue weighted by Gasteiger charge is 2.13. The molecule has 0 atom stereocenters. The van der Waals surface area contributed by atoms with Gasteiger partial charge in [0.15, 0.2) is 0 Å². The second-order valence-corrected chi connectivity index (χ2v) is 8.16. The van der Waals surface area contributed by atoms with E-state index in [0.717, 1.165) is 22.6 Å². The highest BCUT2D eigenvalue weighted by molar-refractivity contribution is 7.89. The molecule has 0 aliphatic rings. The molecule has 0 saturated heterocycles. The van der Waals surface area contributed by atoms with Crippen LogP contribution in [0.2, 0.25) is 5.15 Å². The molecule has 0 aliphatic carbocycles. The van der Waals surface area contributed by atoms with Crippen LogP contribution in [0.1, 0.15) is 27.3 Å². The highest BCUT2D eigenvalue weighted by atomic mass is 35.5. The van der Waals surface area contributed by atoms with Gasteiger partial charge in [-0.2, -0.15) is 5.10 Å². The molecule has 0 radical (unpaired) electrons. The van der Waals surface area contributed by atoms with Crippen LogP contribution in [0.25, 0.3) is 5.69 Å². The van der Waals surface area contributed by atoms with Crippen molar-refractivity contribution in [2.45, 2.75) is 18.7 Å². The average Bonchev–Trinajstić information content (AvgIpc) is 2.95. The molecule has 1 aromatic carbocycles. The lowest BCUT2D eigenvalue weighted by atomic mass is 10.2. The van der Waals surface area contributed by atoms with Crippen molar-refractivity contribution in [3.8, 4) is 5.69 Å². The maximum atomic E-state index is 12.1. The second-order valence-electron chi connectivity index (χ2n) is 6.24. The van der Waals surface area contributed by atoms with Crippen molar-refractivity contribution in [3.63, 3.8) is 0 Å². The van der Waals surface area contributed by atoms with Gasteiger partial charge in [0.25, 0.3) is 5.91 Å². The molecule has 29 heavy (non-hydrogen) atoms. The van der Waals surface area contributed by atoms with Crippen molar-refractivity contribution >= 4 is 33.7 Å². The molecule has 8 nitrogen and oxygen atoms in total. The molecule has 150 valence electrons. The third-order valence-electron chi connectivity index (χ3n) is 4.27. The van der Waals surface area contributed by atoms with Gasteiger partial charge in [0.2, 0.25) is 10.0 Å². The monoisotopic (exact) mass is 431 g/mol. The van der Waals surface area contributed by atoms with Gasteiger partial charge in [-0.25, -0.2) is 24.0 Å². The zero-order valence-electron chi connectivity index (χ0n) is 15.6. The Kier molecular flexibility index (Phi) is 5.83. The number of amides is 1. The predicted octanol–water partition coefficient (Wildman–Crippen LogP) is 2.55. The van der Waals surface area contributed by atoms with Crippen LogP contribution in [0.3, 0.4) is 0 Å². The van der Waals surface area contributed by atoms with Gasteiger partial charge in [-0.15, -0.1) is 0 Å². The molecule has 0 bridgehead atoms. The number of benzene rings is 1. The number of pyridine rings is 1. The maximum Gasteiger partial charge on any atom is 0.274 e. The average molecular weight is 432 g/mol. The van der Waals surface area contributed by atoms with Crippen LogP contribution in [0, 0.1) is 13.8 Å². The summed E-state index contributed by atoms with van der Waals surface area (Å²) >= 11 is 5.90. The van der Waals surface area contributed by atoms with E-state index in [-0.39, 0.29) is 15.6 Å². The van der Waals surface area contributed by atoms with E-state index in [2.05, 4.69) is 15.5 Å². The molecule has 10 heteroatoms. The number of carbonyl (C=O) groups is 1. The number of sulfonamides is 1. The largest absolute Gasteiger partial charge is 0.318 e. The van der Waals surface area contributed by atoms with Gasteiger partial charge in [-0.05, 0) is 56.3 Å². The maximum absolute atomic E-state index is 12.1. The normalized spacial score (nSPS) is 11.7. The van der Waals surface area contributed by atoms with Crippen LogP contribution in [-0.4, -0.2) is 30.1 Å². The van der Waals surface area contributed by atoms with Crippen molar-refractivity contribution in [2.24, 2.45) is 10.2 Å². The molecule has 3 rings (SSSR count). The number of halogens is 1. The summed E-state index contributed by atoms with van der Waals surface area (Å²) in [6.45, 7) is 3.80. The van der Waals surface area contributed by atoms with E-state index in [0.29, 0.717) is 0 Å². The van der Waals surface area contributed by atoms with Crippen molar-refractivity contribution < 1.29 is 13.2 Å². The van der Waals surface area contributed by atoms with Crippen molar-refractivity contribution in [1.82, 2.24) is 15.0 Å².